The predicted molar refractivity (Wildman–Crippen MR) is 31.5 cm³/mol. The van der Waals surface area contributed by atoms with Crippen LogP contribution in [-0.2, 0) is 0 Å². The summed E-state index contributed by atoms with van der Waals surface area (Å²) in [6, 6.07) is 0. The van der Waals surface area contributed by atoms with E-state index in [0.717, 1.165) is 6.42 Å². The number of halogens is 2. The van der Waals surface area contributed by atoms with Crippen LogP contribution in [0.25, 0.3) is 0 Å². The number of hydrogen-bond acceptors (Lipinski definition) is 1. The van der Waals surface area contributed by atoms with Crippen molar-refractivity contribution in [3.05, 3.63) is 0 Å². The average molecular weight is 138 g/mol. The van der Waals surface area contributed by atoms with E-state index in [0.29, 0.717) is 6.42 Å². The van der Waals surface area contributed by atoms with E-state index < -0.39 is 12.5 Å². The predicted octanol–water partition coefficient (Wildman–Crippen LogP) is 1.80. The summed E-state index contributed by atoms with van der Waals surface area (Å²) in [5.74, 6) is 0. The molecule has 0 fully saturated rings. The van der Waals surface area contributed by atoms with E-state index >= 15 is 0 Å². The summed E-state index contributed by atoms with van der Waals surface area (Å²) in [5.41, 5.74) is 0. The second kappa shape index (κ2) is 4.68. The molecule has 0 aromatic carbocycles. The Kier molecular flexibility index (Phi) is 4.58. The van der Waals surface area contributed by atoms with Crippen LogP contribution in [0, 0.1) is 0 Å². The van der Waals surface area contributed by atoms with Crippen LogP contribution < -0.4 is 0 Å². The molecule has 0 radical (unpaired) electrons. The van der Waals surface area contributed by atoms with Crippen LogP contribution in [-0.4, -0.2) is 17.6 Å². The van der Waals surface area contributed by atoms with Crippen LogP contribution in [0.5, 0.6) is 0 Å². The minimum absolute atomic E-state index is 0.216. The van der Waals surface area contributed by atoms with Gasteiger partial charge in [-0.2, -0.15) is 0 Å². The van der Waals surface area contributed by atoms with Crippen LogP contribution >= 0.6 is 0 Å². The van der Waals surface area contributed by atoms with E-state index in [1.54, 1.807) is 0 Å². The SMILES string of the molecule is CCCC[C@H](O)C(F)F. The molecule has 56 valence electrons. The Hall–Kier alpha value is -0.180. The number of unbranched alkanes of at least 4 members (excludes halogenated alkanes) is 1. The lowest BCUT2D eigenvalue weighted by molar-refractivity contribution is -0.00979. The molecule has 0 rings (SSSR count). The smallest absolute Gasteiger partial charge is 0.264 e. The Bertz CT molecular complexity index is 66.1. The molecule has 0 aromatic rings. The van der Waals surface area contributed by atoms with E-state index in [1.807, 2.05) is 6.92 Å². The van der Waals surface area contributed by atoms with Crippen LogP contribution in [0.15, 0.2) is 0 Å². The van der Waals surface area contributed by atoms with Crippen molar-refractivity contribution in [1.82, 2.24) is 0 Å². The maximum atomic E-state index is 11.5. The molecular weight excluding hydrogens is 126 g/mol. The summed E-state index contributed by atoms with van der Waals surface area (Å²) in [5, 5.41) is 8.51. The van der Waals surface area contributed by atoms with E-state index in [1.165, 1.54) is 0 Å². The summed E-state index contributed by atoms with van der Waals surface area (Å²) >= 11 is 0. The molecule has 0 aromatic heterocycles. The number of hydrogen-bond donors (Lipinski definition) is 1. The van der Waals surface area contributed by atoms with Crippen LogP contribution in [0.4, 0.5) is 8.78 Å². The highest BCUT2D eigenvalue weighted by Gasteiger charge is 2.14. The molecule has 0 saturated carbocycles. The fourth-order valence-electron chi connectivity index (χ4n) is 0.539. The lowest BCUT2D eigenvalue weighted by Crippen LogP contribution is -2.16. The largest absolute Gasteiger partial charge is 0.387 e. The molecule has 0 saturated heterocycles. The van der Waals surface area contributed by atoms with E-state index in [9.17, 15) is 8.78 Å². The van der Waals surface area contributed by atoms with Crippen molar-refractivity contribution in [2.24, 2.45) is 0 Å². The second-order valence-corrected chi connectivity index (χ2v) is 2.04. The van der Waals surface area contributed by atoms with Gasteiger partial charge in [-0.15, -0.1) is 0 Å². The van der Waals surface area contributed by atoms with Gasteiger partial charge in [0.2, 0.25) is 0 Å². The fraction of sp³-hybridized carbons (Fsp3) is 1.00. The highest BCUT2D eigenvalue weighted by Crippen LogP contribution is 2.07. The molecule has 0 unspecified atom stereocenters. The Morgan fingerprint density at radius 2 is 2.00 bits per heavy atom. The number of aliphatic hydroxyl groups excluding tert-OH is 1. The van der Waals surface area contributed by atoms with E-state index in [-0.39, 0.29) is 6.42 Å². The van der Waals surface area contributed by atoms with Crippen molar-refractivity contribution in [2.75, 3.05) is 0 Å². The van der Waals surface area contributed by atoms with Crippen molar-refractivity contribution in [2.45, 2.75) is 38.7 Å². The summed E-state index contributed by atoms with van der Waals surface area (Å²) in [7, 11) is 0. The molecule has 0 heterocycles. The lowest BCUT2D eigenvalue weighted by atomic mass is 10.2. The Labute approximate surface area is 53.7 Å². The highest BCUT2D eigenvalue weighted by atomic mass is 19.3. The van der Waals surface area contributed by atoms with Crippen molar-refractivity contribution < 1.29 is 13.9 Å². The summed E-state index contributed by atoms with van der Waals surface area (Å²) in [6.07, 6.45) is -2.25. The lowest BCUT2D eigenvalue weighted by Gasteiger charge is -2.06. The molecule has 0 spiro atoms. The van der Waals surface area contributed by atoms with Gasteiger partial charge in [0.15, 0.2) is 0 Å². The second-order valence-electron chi connectivity index (χ2n) is 2.04. The van der Waals surface area contributed by atoms with E-state index in [2.05, 4.69) is 0 Å². The zero-order valence-electron chi connectivity index (χ0n) is 5.48. The Balaban J connectivity index is 3.16. The first-order valence-corrected chi connectivity index (χ1v) is 3.14. The first-order valence-electron chi connectivity index (χ1n) is 3.14. The van der Waals surface area contributed by atoms with Crippen molar-refractivity contribution in [1.29, 1.82) is 0 Å². The van der Waals surface area contributed by atoms with Gasteiger partial charge in [0.25, 0.3) is 6.43 Å². The van der Waals surface area contributed by atoms with Gasteiger partial charge in [-0.3, -0.25) is 0 Å². The third-order valence-corrected chi connectivity index (χ3v) is 1.14. The summed E-state index contributed by atoms with van der Waals surface area (Å²) in [4.78, 5) is 0. The van der Waals surface area contributed by atoms with Gasteiger partial charge in [-0.25, -0.2) is 8.78 Å². The molecule has 3 heteroatoms. The third kappa shape index (κ3) is 4.33. The van der Waals surface area contributed by atoms with Crippen molar-refractivity contribution >= 4 is 0 Å². The molecule has 0 aliphatic carbocycles. The Morgan fingerprint density at radius 1 is 1.44 bits per heavy atom. The molecule has 1 atom stereocenters. The number of aliphatic hydroxyl groups is 1. The molecule has 0 bridgehead atoms. The van der Waals surface area contributed by atoms with Crippen LogP contribution in [0.2, 0.25) is 0 Å². The normalized spacial score (nSPS) is 14.3. The van der Waals surface area contributed by atoms with E-state index in [4.69, 9.17) is 5.11 Å². The monoisotopic (exact) mass is 138 g/mol. The number of rotatable bonds is 4. The minimum atomic E-state index is -2.57. The quantitative estimate of drug-likeness (QED) is 0.628. The third-order valence-electron chi connectivity index (χ3n) is 1.14. The zero-order valence-corrected chi connectivity index (χ0v) is 5.48. The van der Waals surface area contributed by atoms with Gasteiger partial charge in [-0.1, -0.05) is 19.8 Å². The first kappa shape index (κ1) is 8.82. The zero-order chi connectivity index (χ0) is 7.28. The van der Waals surface area contributed by atoms with Gasteiger partial charge in [0, 0.05) is 0 Å². The maximum absolute atomic E-state index is 11.5. The van der Waals surface area contributed by atoms with Gasteiger partial charge >= 0.3 is 0 Å². The number of alkyl halides is 2. The van der Waals surface area contributed by atoms with Gasteiger partial charge < -0.3 is 5.11 Å². The van der Waals surface area contributed by atoms with Crippen molar-refractivity contribution in [3.63, 3.8) is 0 Å². The molecule has 1 N–H and O–H groups in total. The van der Waals surface area contributed by atoms with Crippen molar-refractivity contribution in [3.8, 4) is 0 Å². The van der Waals surface area contributed by atoms with Gasteiger partial charge in [0.05, 0.1) is 0 Å². The first-order chi connectivity index (χ1) is 4.18. The molecule has 9 heavy (non-hydrogen) atoms. The summed E-state index contributed by atoms with van der Waals surface area (Å²) < 4.78 is 23.0. The topological polar surface area (TPSA) is 20.2 Å². The minimum Gasteiger partial charge on any atom is -0.387 e. The van der Waals surface area contributed by atoms with Crippen LogP contribution in [0.3, 0.4) is 0 Å². The maximum Gasteiger partial charge on any atom is 0.264 e. The highest BCUT2D eigenvalue weighted by molar-refractivity contribution is 4.56. The molecule has 0 amide bonds. The molecular formula is C6H12F2O. The molecule has 1 nitrogen and oxygen atoms in total. The summed E-state index contributed by atoms with van der Waals surface area (Å²) in [6.45, 7) is 1.90. The van der Waals surface area contributed by atoms with Crippen LogP contribution in [0.1, 0.15) is 26.2 Å². The fourth-order valence-corrected chi connectivity index (χ4v) is 0.539. The molecule has 0 aliphatic heterocycles. The standard InChI is InChI=1S/C6H12F2O/c1-2-3-4-5(9)6(7)8/h5-6,9H,2-4H2,1H3/t5-/m0/s1. The van der Waals surface area contributed by atoms with Gasteiger partial charge in [0.1, 0.15) is 6.10 Å². The average Bonchev–Trinajstić information content (AvgIpc) is 1.82. The molecule has 0 aliphatic rings. The van der Waals surface area contributed by atoms with Gasteiger partial charge in [-0.05, 0) is 6.42 Å². The Morgan fingerprint density at radius 3 is 2.33 bits per heavy atom.